The molecule has 0 atom stereocenters. The van der Waals surface area contributed by atoms with Crippen LogP contribution >= 0.6 is 0 Å². The zero-order valence-electron chi connectivity index (χ0n) is 16.0. The number of anilines is 3. The Hall–Kier alpha value is -2.44. The van der Waals surface area contributed by atoms with Crippen LogP contribution in [0.15, 0.2) is 18.3 Å². The van der Waals surface area contributed by atoms with Crippen molar-refractivity contribution in [2.24, 2.45) is 0 Å². The van der Waals surface area contributed by atoms with Gasteiger partial charge in [-0.3, -0.25) is 0 Å². The summed E-state index contributed by atoms with van der Waals surface area (Å²) < 4.78 is 0. The molecule has 7 nitrogen and oxygen atoms in total. The number of piperazine rings is 1. The minimum atomic E-state index is 0.597. The zero-order chi connectivity index (χ0) is 18.2. The Morgan fingerprint density at radius 2 is 1.52 bits per heavy atom. The van der Waals surface area contributed by atoms with Gasteiger partial charge in [-0.15, -0.1) is 0 Å². The number of nitrogens with zero attached hydrogens (tertiary/aromatic N) is 7. The molecule has 2 aromatic rings. The number of hydrogen-bond acceptors (Lipinski definition) is 7. The van der Waals surface area contributed by atoms with Crippen LogP contribution in [0.5, 0.6) is 0 Å². The molecule has 0 spiro atoms. The molecule has 1 aliphatic carbocycles. The van der Waals surface area contributed by atoms with E-state index in [-0.39, 0.29) is 0 Å². The van der Waals surface area contributed by atoms with Crippen LogP contribution in [-0.4, -0.2) is 59.2 Å². The second kappa shape index (κ2) is 6.94. The lowest BCUT2D eigenvalue weighted by Gasteiger charge is -2.36. The number of aromatic nitrogens is 4. The number of aryl methyl sites for hydroxylation is 1. The van der Waals surface area contributed by atoms with Gasteiger partial charge in [-0.1, -0.05) is 0 Å². The maximum absolute atomic E-state index is 4.88. The van der Waals surface area contributed by atoms with Gasteiger partial charge in [0.1, 0.15) is 17.5 Å². The fourth-order valence-corrected chi connectivity index (χ4v) is 4.00. The predicted molar refractivity (Wildman–Crippen MR) is 107 cm³/mol. The van der Waals surface area contributed by atoms with E-state index >= 15 is 0 Å². The lowest BCUT2D eigenvalue weighted by Crippen LogP contribution is -2.47. The first-order chi connectivity index (χ1) is 13.3. The molecule has 0 bridgehead atoms. The van der Waals surface area contributed by atoms with Crippen LogP contribution in [0.3, 0.4) is 0 Å². The molecule has 0 unspecified atom stereocenters. The van der Waals surface area contributed by atoms with E-state index in [1.807, 2.05) is 12.3 Å². The Morgan fingerprint density at radius 3 is 2.22 bits per heavy atom. The molecular weight excluding hydrogens is 338 g/mol. The van der Waals surface area contributed by atoms with Crippen molar-refractivity contribution in [2.75, 3.05) is 54.0 Å². The molecule has 3 aliphatic rings. The van der Waals surface area contributed by atoms with Crippen molar-refractivity contribution in [1.29, 1.82) is 0 Å². The summed E-state index contributed by atoms with van der Waals surface area (Å²) >= 11 is 0. The van der Waals surface area contributed by atoms with Gasteiger partial charge in [0.25, 0.3) is 0 Å². The fraction of sp³-hybridized carbons (Fsp3) is 0.600. The Morgan fingerprint density at radius 1 is 0.815 bits per heavy atom. The molecule has 2 saturated heterocycles. The van der Waals surface area contributed by atoms with Gasteiger partial charge in [0, 0.05) is 63.1 Å². The van der Waals surface area contributed by atoms with E-state index in [0.29, 0.717) is 5.92 Å². The Bertz CT molecular complexity index is 806. The first kappa shape index (κ1) is 16.7. The van der Waals surface area contributed by atoms with Gasteiger partial charge >= 0.3 is 0 Å². The second-order valence-electron chi connectivity index (χ2n) is 7.88. The van der Waals surface area contributed by atoms with Crippen molar-refractivity contribution in [1.82, 2.24) is 19.9 Å². The Kier molecular flexibility index (Phi) is 4.30. The normalized spacial score (nSPS) is 20.4. The summed E-state index contributed by atoms with van der Waals surface area (Å²) in [5.74, 6) is 4.65. The average Bonchev–Trinajstić information content (AvgIpc) is 3.42. The monoisotopic (exact) mass is 365 g/mol. The standard InChI is InChI=1S/C20H27N7/c1-15-14-18(24-20(22-15)27-8-2-3-9-27)26-12-10-25(11-13-26)17-6-7-21-19(23-17)16-4-5-16/h6-7,14,16H,2-5,8-13H2,1H3. The second-order valence-corrected chi connectivity index (χ2v) is 7.88. The van der Waals surface area contributed by atoms with Gasteiger partial charge in [0.15, 0.2) is 0 Å². The lowest BCUT2D eigenvalue weighted by atomic mass is 10.3. The van der Waals surface area contributed by atoms with Gasteiger partial charge < -0.3 is 14.7 Å². The summed E-state index contributed by atoms with van der Waals surface area (Å²) in [7, 11) is 0. The third-order valence-electron chi connectivity index (χ3n) is 5.75. The minimum Gasteiger partial charge on any atom is -0.353 e. The van der Waals surface area contributed by atoms with Gasteiger partial charge in [-0.25, -0.2) is 15.0 Å². The molecule has 27 heavy (non-hydrogen) atoms. The van der Waals surface area contributed by atoms with E-state index < -0.39 is 0 Å². The zero-order valence-corrected chi connectivity index (χ0v) is 16.0. The van der Waals surface area contributed by atoms with Crippen molar-refractivity contribution >= 4 is 17.6 Å². The highest BCUT2D eigenvalue weighted by Crippen LogP contribution is 2.38. The highest BCUT2D eigenvalue weighted by molar-refractivity contribution is 5.49. The van der Waals surface area contributed by atoms with E-state index in [9.17, 15) is 0 Å². The summed E-state index contributed by atoms with van der Waals surface area (Å²) in [4.78, 5) is 25.9. The molecule has 5 rings (SSSR count). The molecule has 7 heteroatoms. The summed E-state index contributed by atoms with van der Waals surface area (Å²) in [5, 5.41) is 0. The van der Waals surface area contributed by atoms with Crippen LogP contribution in [0.4, 0.5) is 17.6 Å². The summed E-state index contributed by atoms with van der Waals surface area (Å²) in [6.07, 6.45) is 6.88. The van der Waals surface area contributed by atoms with Gasteiger partial charge in [0.2, 0.25) is 5.95 Å². The average molecular weight is 365 g/mol. The molecule has 0 aromatic carbocycles. The highest BCUT2D eigenvalue weighted by atomic mass is 15.3. The number of rotatable bonds is 4. The topological polar surface area (TPSA) is 61.3 Å². The van der Waals surface area contributed by atoms with Crippen molar-refractivity contribution in [3.8, 4) is 0 Å². The first-order valence-electron chi connectivity index (χ1n) is 10.2. The van der Waals surface area contributed by atoms with Crippen LogP contribution in [0.2, 0.25) is 0 Å². The number of hydrogen-bond donors (Lipinski definition) is 0. The summed E-state index contributed by atoms with van der Waals surface area (Å²) in [5.41, 5.74) is 1.05. The quantitative estimate of drug-likeness (QED) is 0.824. The molecule has 0 amide bonds. The van der Waals surface area contributed by atoms with Crippen LogP contribution in [-0.2, 0) is 0 Å². The molecule has 0 N–H and O–H groups in total. The molecule has 0 radical (unpaired) electrons. The van der Waals surface area contributed by atoms with E-state index in [2.05, 4.69) is 37.7 Å². The van der Waals surface area contributed by atoms with Gasteiger partial charge in [0.05, 0.1) is 0 Å². The van der Waals surface area contributed by atoms with Crippen LogP contribution in [0, 0.1) is 6.92 Å². The third kappa shape index (κ3) is 3.55. The summed E-state index contributed by atoms with van der Waals surface area (Å²) in [6.45, 7) is 8.06. The smallest absolute Gasteiger partial charge is 0.227 e. The fourth-order valence-electron chi connectivity index (χ4n) is 4.00. The summed E-state index contributed by atoms with van der Waals surface area (Å²) in [6, 6.07) is 4.16. The molecule has 3 fully saturated rings. The van der Waals surface area contributed by atoms with Crippen molar-refractivity contribution in [3.05, 3.63) is 29.8 Å². The van der Waals surface area contributed by atoms with Crippen molar-refractivity contribution < 1.29 is 0 Å². The molecule has 4 heterocycles. The SMILES string of the molecule is Cc1cc(N2CCN(c3ccnc(C4CC4)n3)CC2)nc(N2CCCC2)n1. The third-order valence-corrected chi connectivity index (χ3v) is 5.75. The van der Waals surface area contributed by atoms with Gasteiger partial charge in [-0.05, 0) is 38.7 Å². The predicted octanol–water partition coefficient (Wildman–Crippen LogP) is 2.38. The van der Waals surface area contributed by atoms with Crippen LogP contribution in [0.25, 0.3) is 0 Å². The Balaban J connectivity index is 1.28. The maximum atomic E-state index is 4.88. The Labute approximate surface area is 160 Å². The largest absolute Gasteiger partial charge is 0.353 e. The van der Waals surface area contributed by atoms with E-state index in [0.717, 1.165) is 68.4 Å². The molecule has 1 saturated carbocycles. The van der Waals surface area contributed by atoms with Crippen LogP contribution in [0.1, 0.15) is 43.1 Å². The maximum Gasteiger partial charge on any atom is 0.227 e. The molecule has 2 aromatic heterocycles. The molecule has 142 valence electrons. The van der Waals surface area contributed by atoms with E-state index in [1.165, 1.54) is 25.7 Å². The highest BCUT2D eigenvalue weighted by Gasteiger charge is 2.28. The minimum absolute atomic E-state index is 0.597. The van der Waals surface area contributed by atoms with Gasteiger partial charge in [-0.2, -0.15) is 4.98 Å². The van der Waals surface area contributed by atoms with Crippen LogP contribution < -0.4 is 14.7 Å². The lowest BCUT2D eigenvalue weighted by molar-refractivity contribution is 0.637. The van der Waals surface area contributed by atoms with Crippen molar-refractivity contribution in [2.45, 2.75) is 38.5 Å². The van der Waals surface area contributed by atoms with E-state index in [4.69, 9.17) is 9.97 Å². The van der Waals surface area contributed by atoms with E-state index in [1.54, 1.807) is 0 Å². The molecule has 2 aliphatic heterocycles. The van der Waals surface area contributed by atoms with Crippen molar-refractivity contribution in [3.63, 3.8) is 0 Å². The first-order valence-corrected chi connectivity index (χ1v) is 10.2. The molecular formula is C20H27N7.